The first-order valence-corrected chi connectivity index (χ1v) is 5.92. The van der Waals surface area contributed by atoms with Crippen LogP contribution in [0.25, 0.3) is 0 Å². The van der Waals surface area contributed by atoms with Gasteiger partial charge in [0.25, 0.3) is 0 Å². The molecule has 0 atom stereocenters. The normalized spacial score (nSPS) is 2.40. The van der Waals surface area contributed by atoms with Crippen LogP contribution in [0.3, 0.4) is 0 Å². The van der Waals surface area contributed by atoms with Crippen LogP contribution in [0.5, 0.6) is 0 Å². The summed E-state index contributed by atoms with van der Waals surface area (Å²) in [5, 5.41) is 0. The maximum atomic E-state index is 4.34. The molecule has 0 unspecified atom stereocenters. The fraction of sp³-hybridized carbons (Fsp3) is 0. The first-order chi connectivity index (χ1) is 1.41. The van der Waals surface area contributed by atoms with Gasteiger partial charge in [-0.15, -0.1) is 0 Å². The van der Waals surface area contributed by atoms with E-state index in [-0.39, 0.29) is 58.1 Å². The van der Waals surface area contributed by atoms with E-state index in [1.807, 2.05) is 0 Å². The molecule has 0 spiro atoms. The average molecular weight is 216 g/mol. The van der Waals surface area contributed by atoms with E-state index in [1.165, 1.54) is 0 Å². The summed E-state index contributed by atoms with van der Waals surface area (Å²) in [5.41, 5.74) is 0. The Labute approximate surface area is 76.2 Å². The fourth-order valence-electron chi connectivity index (χ4n) is 0. The van der Waals surface area contributed by atoms with Crippen LogP contribution in [0.1, 0.15) is 0 Å². The van der Waals surface area contributed by atoms with Crippen molar-refractivity contribution in [1.82, 2.24) is 0 Å². The van der Waals surface area contributed by atoms with E-state index in [0.29, 0.717) is 0 Å². The van der Waals surface area contributed by atoms with Crippen LogP contribution in [-0.2, 0) is 20.4 Å². The number of rotatable bonds is 0. The summed E-state index contributed by atoms with van der Waals surface area (Å²) in [6.45, 7) is 0. The Morgan fingerprint density at radius 1 is 1.20 bits per heavy atom. The molecule has 26 valence electrons. The van der Waals surface area contributed by atoms with Crippen molar-refractivity contribution >= 4 is 57.4 Å². The summed E-state index contributed by atoms with van der Waals surface area (Å²) < 4.78 is 0. The monoisotopic (exact) mass is 218 g/mol. The molecule has 0 saturated heterocycles. The van der Waals surface area contributed by atoms with E-state index in [0.717, 1.165) is 0 Å². The van der Waals surface area contributed by atoms with E-state index >= 15 is 0 Å². The molecule has 0 amide bonds. The summed E-state index contributed by atoms with van der Waals surface area (Å²) in [7, 11) is 8.68. The molecule has 0 saturated carbocycles. The zero-order chi connectivity index (χ0) is 2.71. The van der Waals surface area contributed by atoms with Crippen molar-refractivity contribution in [2.24, 2.45) is 0 Å². The molecule has 0 radical (unpaired) electrons. The van der Waals surface area contributed by atoms with Gasteiger partial charge in [0.1, 0.15) is 0 Å². The zero-order valence-electron chi connectivity index (χ0n) is 2.34. The summed E-state index contributed by atoms with van der Waals surface area (Å²) in [5.74, 6) is 0. The van der Waals surface area contributed by atoms with Crippen molar-refractivity contribution in [3.63, 3.8) is 0 Å². The van der Waals surface area contributed by atoms with Crippen LogP contribution in [0.15, 0.2) is 0 Å². The molecule has 0 aliphatic heterocycles. The standard InChI is InChI=1S/Ca.Mo.O.2S/q+2;;-2;;. The molecular formula is CaMoOS2. The van der Waals surface area contributed by atoms with Crippen molar-refractivity contribution in [3.8, 4) is 0 Å². The van der Waals surface area contributed by atoms with Gasteiger partial charge in [0.05, 0.1) is 0 Å². The Morgan fingerprint density at radius 2 is 1.20 bits per heavy atom. The third kappa shape index (κ3) is 21.8. The quantitative estimate of drug-likeness (QED) is 0.560. The van der Waals surface area contributed by atoms with Crippen LogP contribution in [0, 0.1) is 0 Å². The molecule has 0 N–H and O–H groups in total. The van der Waals surface area contributed by atoms with Crippen molar-refractivity contribution in [2.75, 3.05) is 0 Å². The third-order valence-electron chi connectivity index (χ3n) is 0. The van der Waals surface area contributed by atoms with E-state index in [1.54, 1.807) is 0 Å². The summed E-state index contributed by atoms with van der Waals surface area (Å²) in [6, 6.07) is 0. The number of hydrogen-bond acceptors (Lipinski definition) is 2. The van der Waals surface area contributed by atoms with Gasteiger partial charge in [0, 0.05) is 0 Å². The molecule has 0 aromatic rings. The summed E-state index contributed by atoms with van der Waals surface area (Å²) >= 11 is -0.363. The second kappa shape index (κ2) is 16.2. The topological polar surface area (TPSA) is 28.5 Å². The predicted molar refractivity (Wildman–Crippen MR) is 21.6 cm³/mol. The Balaban J connectivity index is -0.0000000200. The zero-order valence-corrected chi connectivity index (χ0v) is 8.19. The van der Waals surface area contributed by atoms with Gasteiger partial charge in [-0.25, -0.2) is 0 Å². The summed E-state index contributed by atoms with van der Waals surface area (Å²) in [4.78, 5) is 0. The Morgan fingerprint density at radius 3 is 1.20 bits per heavy atom. The van der Waals surface area contributed by atoms with Gasteiger partial charge in [-0.05, 0) is 0 Å². The van der Waals surface area contributed by atoms with Gasteiger partial charge in [0.2, 0.25) is 0 Å². The first kappa shape index (κ1) is 15.7. The predicted octanol–water partition coefficient (Wildman–Crippen LogP) is 0.794. The molecule has 0 heterocycles. The average Bonchev–Trinajstić information content (AvgIpc) is 0.918. The van der Waals surface area contributed by atoms with Crippen molar-refractivity contribution < 1.29 is 20.4 Å². The SMILES string of the molecule is [Ca+2].[O-2].[S]=[Mo]=[S]. The van der Waals surface area contributed by atoms with Crippen molar-refractivity contribution in [2.45, 2.75) is 0 Å². The minimum atomic E-state index is -0.363. The second-order valence-corrected chi connectivity index (χ2v) is 3.62. The van der Waals surface area contributed by atoms with Crippen molar-refractivity contribution in [1.29, 1.82) is 0 Å². The minimum absolute atomic E-state index is 0. The van der Waals surface area contributed by atoms with Crippen LogP contribution in [0.2, 0.25) is 0 Å². The molecule has 0 rings (SSSR count). The van der Waals surface area contributed by atoms with Gasteiger partial charge < -0.3 is 5.48 Å². The second-order valence-electron chi connectivity index (χ2n) is 0.0680. The fourth-order valence-corrected chi connectivity index (χ4v) is 0. The third-order valence-corrected chi connectivity index (χ3v) is 0. The van der Waals surface area contributed by atoms with E-state index in [2.05, 4.69) is 19.6 Å². The van der Waals surface area contributed by atoms with Gasteiger partial charge in [-0.1, -0.05) is 0 Å². The Kier molecular flexibility index (Phi) is 50.7. The Bertz CT molecular complexity index is 30.6. The van der Waals surface area contributed by atoms with Crippen molar-refractivity contribution in [3.05, 3.63) is 0 Å². The van der Waals surface area contributed by atoms with Gasteiger partial charge in [-0.2, -0.15) is 0 Å². The molecular weight excluding hydrogens is 216 g/mol. The van der Waals surface area contributed by atoms with E-state index in [4.69, 9.17) is 0 Å². The molecule has 0 aliphatic carbocycles. The van der Waals surface area contributed by atoms with Crippen LogP contribution in [-0.4, -0.2) is 37.7 Å². The maximum absolute atomic E-state index is 4.34. The number of hydrogen-bond donors (Lipinski definition) is 0. The van der Waals surface area contributed by atoms with E-state index in [9.17, 15) is 0 Å². The van der Waals surface area contributed by atoms with E-state index < -0.39 is 0 Å². The Hall–Kier alpha value is 2.35. The van der Waals surface area contributed by atoms with Gasteiger partial charge in [0.15, 0.2) is 0 Å². The first-order valence-electron chi connectivity index (χ1n) is 0.333. The van der Waals surface area contributed by atoms with Gasteiger partial charge in [-0.3, -0.25) is 0 Å². The molecule has 0 fully saturated rings. The molecule has 5 heteroatoms. The molecule has 0 aromatic heterocycles. The summed E-state index contributed by atoms with van der Waals surface area (Å²) in [6.07, 6.45) is 0. The van der Waals surface area contributed by atoms with Crippen LogP contribution in [0.4, 0.5) is 0 Å². The molecule has 0 bridgehead atoms. The van der Waals surface area contributed by atoms with Crippen LogP contribution < -0.4 is 0 Å². The molecule has 1 nitrogen and oxygen atoms in total. The van der Waals surface area contributed by atoms with Crippen LogP contribution >= 0.6 is 19.6 Å². The van der Waals surface area contributed by atoms with Gasteiger partial charge >= 0.3 is 72.3 Å². The molecule has 0 aromatic carbocycles. The molecule has 5 heavy (non-hydrogen) atoms. The molecule has 0 aliphatic rings.